The Morgan fingerprint density at radius 3 is 2.85 bits per heavy atom. The van der Waals surface area contributed by atoms with Crippen LogP contribution in [0.4, 0.5) is 0 Å². The minimum absolute atomic E-state index is 0.828. The van der Waals surface area contributed by atoms with Crippen LogP contribution in [0, 0.1) is 17.8 Å². The number of H-pyrrole nitrogens is 1. The second-order valence-corrected chi connectivity index (χ2v) is 4.24. The summed E-state index contributed by atoms with van der Waals surface area (Å²) < 4.78 is 0. The molecule has 1 saturated carbocycles. The highest BCUT2D eigenvalue weighted by Crippen LogP contribution is 2.52. The third-order valence-electron chi connectivity index (χ3n) is 3.36. The fraction of sp³-hybridized carbons (Fsp3) is 0.875. The molecule has 0 bridgehead atoms. The maximum atomic E-state index is 3.98. The Kier molecular flexibility index (Phi) is 1.44. The van der Waals surface area contributed by atoms with Gasteiger partial charge in [-0.1, -0.05) is 5.21 Å². The number of likely N-dealkylation sites (tertiary alicyclic amines) is 1. The molecule has 2 atom stereocenters. The van der Waals surface area contributed by atoms with Crippen molar-refractivity contribution in [3.05, 3.63) is 5.82 Å². The van der Waals surface area contributed by atoms with E-state index < -0.39 is 0 Å². The molecule has 0 aromatic carbocycles. The first-order valence-corrected chi connectivity index (χ1v) is 4.75. The zero-order chi connectivity index (χ0) is 8.84. The Balaban J connectivity index is 1.61. The van der Waals surface area contributed by atoms with Crippen molar-refractivity contribution in [1.29, 1.82) is 0 Å². The summed E-state index contributed by atoms with van der Waals surface area (Å²) in [7, 11) is 2.19. The van der Waals surface area contributed by atoms with Crippen molar-refractivity contribution in [2.24, 2.45) is 17.8 Å². The Morgan fingerprint density at radius 1 is 1.46 bits per heavy atom. The zero-order valence-corrected chi connectivity index (χ0v) is 7.64. The van der Waals surface area contributed by atoms with E-state index >= 15 is 0 Å². The van der Waals surface area contributed by atoms with Crippen molar-refractivity contribution in [1.82, 2.24) is 25.5 Å². The number of nitrogens with zero attached hydrogens (tertiary/aromatic N) is 4. The van der Waals surface area contributed by atoms with Gasteiger partial charge in [0.15, 0.2) is 5.82 Å². The largest absolute Gasteiger partial charge is 0.306 e. The van der Waals surface area contributed by atoms with Crippen LogP contribution < -0.4 is 0 Å². The van der Waals surface area contributed by atoms with Crippen molar-refractivity contribution in [2.75, 3.05) is 20.1 Å². The molecule has 5 nitrogen and oxygen atoms in total. The Bertz CT molecular complexity index is 283. The van der Waals surface area contributed by atoms with Gasteiger partial charge in [0.2, 0.25) is 0 Å². The maximum absolute atomic E-state index is 3.98. The van der Waals surface area contributed by atoms with E-state index in [9.17, 15) is 0 Å². The first-order chi connectivity index (χ1) is 6.34. The summed E-state index contributed by atoms with van der Waals surface area (Å²) in [6.45, 7) is 2.51. The summed E-state index contributed by atoms with van der Waals surface area (Å²) in [6.07, 6.45) is 1.01. The van der Waals surface area contributed by atoms with E-state index in [1.165, 1.54) is 13.1 Å². The van der Waals surface area contributed by atoms with Crippen LogP contribution >= 0.6 is 0 Å². The monoisotopic (exact) mass is 179 g/mol. The normalized spacial score (nSPS) is 37.8. The lowest BCUT2D eigenvalue weighted by Crippen LogP contribution is -2.19. The average Bonchev–Trinajstić information content (AvgIpc) is 2.60. The van der Waals surface area contributed by atoms with Crippen LogP contribution in [-0.2, 0) is 6.42 Å². The Morgan fingerprint density at radius 2 is 2.23 bits per heavy atom. The van der Waals surface area contributed by atoms with Crippen LogP contribution in [0.2, 0.25) is 0 Å². The summed E-state index contributed by atoms with van der Waals surface area (Å²) in [5.74, 6) is 3.52. The molecule has 1 aliphatic carbocycles. The van der Waals surface area contributed by atoms with E-state index in [-0.39, 0.29) is 0 Å². The molecule has 2 aliphatic rings. The van der Waals surface area contributed by atoms with Crippen molar-refractivity contribution in [3.8, 4) is 0 Å². The molecule has 2 heterocycles. The van der Waals surface area contributed by atoms with Gasteiger partial charge in [-0.05, 0) is 24.8 Å². The quantitative estimate of drug-likeness (QED) is 0.668. The van der Waals surface area contributed by atoms with E-state index in [4.69, 9.17) is 0 Å². The third kappa shape index (κ3) is 1.14. The second kappa shape index (κ2) is 2.51. The van der Waals surface area contributed by atoms with E-state index in [0.717, 1.165) is 30.0 Å². The summed E-state index contributed by atoms with van der Waals surface area (Å²) in [4.78, 5) is 2.40. The highest BCUT2D eigenvalue weighted by molar-refractivity contribution is 5.07. The SMILES string of the molecule is CN1CC2C(Cc3nn[nH]n3)C2C1. The predicted octanol–water partition coefficient (Wildman–Crippen LogP) is -0.450. The smallest absolute Gasteiger partial charge is 0.174 e. The Hall–Kier alpha value is -0.970. The molecule has 0 amide bonds. The molecule has 0 spiro atoms. The van der Waals surface area contributed by atoms with Gasteiger partial charge in [0.25, 0.3) is 0 Å². The highest BCUT2D eigenvalue weighted by atomic mass is 15.5. The molecule has 0 radical (unpaired) electrons. The molecule has 1 aromatic heterocycles. The molecule has 2 fully saturated rings. The maximum Gasteiger partial charge on any atom is 0.174 e. The minimum atomic E-state index is 0.828. The van der Waals surface area contributed by atoms with Gasteiger partial charge in [0, 0.05) is 19.5 Å². The Labute approximate surface area is 76.5 Å². The van der Waals surface area contributed by atoms with Crippen molar-refractivity contribution < 1.29 is 0 Å². The molecule has 2 unspecified atom stereocenters. The molecular formula is C8H13N5. The first kappa shape index (κ1) is 7.44. The van der Waals surface area contributed by atoms with Gasteiger partial charge in [-0.15, -0.1) is 10.2 Å². The molecule has 1 saturated heterocycles. The lowest BCUT2D eigenvalue weighted by Gasteiger charge is -2.11. The zero-order valence-electron chi connectivity index (χ0n) is 7.64. The van der Waals surface area contributed by atoms with Crippen molar-refractivity contribution >= 4 is 0 Å². The summed E-state index contributed by atoms with van der Waals surface area (Å²) in [6, 6.07) is 0. The number of piperidine rings is 1. The fourth-order valence-electron chi connectivity index (χ4n) is 2.64. The van der Waals surface area contributed by atoms with Crippen LogP contribution in [0.1, 0.15) is 5.82 Å². The molecule has 1 aromatic rings. The topological polar surface area (TPSA) is 57.7 Å². The molecule has 70 valence electrons. The molecule has 5 heteroatoms. The number of aromatic nitrogens is 4. The van der Waals surface area contributed by atoms with E-state index in [2.05, 4.69) is 32.6 Å². The predicted molar refractivity (Wildman–Crippen MR) is 45.8 cm³/mol. The standard InChI is InChI=1S/C8H13N5/c1-13-3-6-5(7(6)4-13)2-8-9-11-12-10-8/h5-7H,2-4H2,1H3,(H,9,10,11,12). The lowest BCUT2D eigenvalue weighted by atomic mass is 10.2. The number of fused-ring (bicyclic) bond motifs is 1. The summed E-state index contributed by atoms with van der Waals surface area (Å²) >= 11 is 0. The van der Waals surface area contributed by atoms with Gasteiger partial charge in [0.05, 0.1) is 0 Å². The number of hydrogen-bond donors (Lipinski definition) is 1. The third-order valence-corrected chi connectivity index (χ3v) is 3.36. The average molecular weight is 179 g/mol. The number of nitrogens with one attached hydrogen (secondary N) is 1. The second-order valence-electron chi connectivity index (χ2n) is 4.24. The molecule has 3 rings (SSSR count). The van der Waals surface area contributed by atoms with Crippen LogP contribution in [0.5, 0.6) is 0 Å². The van der Waals surface area contributed by atoms with Gasteiger partial charge >= 0.3 is 0 Å². The molecule has 13 heavy (non-hydrogen) atoms. The first-order valence-electron chi connectivity index (χ1n) is 4.75. The van der Waals surface area contributed by atoms with Crippen LogP contribution in [0.3, 0.4) is 0 Å². The van der Waals surface area contributed by atoms with Gasteiger partial charge in [0.1, 0.15) is 0 Å². The van der Waals surface area contributed by atoms with Gasteiger partial charge in [-0.3, -0.25) is 0 Å². The van der Waals surface area contributed by atoms with Crippen LogP contribution in [-0.4, -0.2) is 45.7 Å². The van der Waals surface area contributed by atoms with Crippen LogP contribution in [0.15, 0.2) is 0 Å². The lowest BCUT2D eigenvalue weighted by molar-refractivity contribution is 0.342. The number of aromatic amines is 1. The minimum Gasteiger partial charge on any atom is -0.306 e. The highest BCUT2D eigenvalue weighted by Gasteiger charge is 2.54. The van der Waals surface area contributed by atoms with E-state index in [1.54, 1.807) is 0 Å². The number of hydrogen-bond acceptors (Lipinski definition) is 4. The van der Waals surface area contributed by atoms with E-state index in [0.29, 0.717) is 0 Å². The molecule has 1 aliphatic heterocycles. The number of rotatable bonds is 2. The van der Waals surface area contributed by atoms with E-state index in [1.807, 2.05) is 0 Å². The van der Waals surface area contributed by atoms with Gasteiger partial charge in [-0.2, -0.15) is 5.21 Å². The number of tetrazole rings is 1. The molecule has 1 N–H and O–H groups in total. The summed E-state index contributed by atoms with van der Waals surface area (Å²) in [5, 5.41) is 14.0. The van der Waals surface area contributed by atoms with Gasteiger partial charge in [-0.25, -0.2) is 0 Å². The van der Waals surface area contributed by atoms with Crippen molar-refractivity contribution in [2.45, 2.75) is 6.42 Å². The summed E-state index contributed by atoms with van der Waals surface area (Å²) in [5.41, 5.74) is 0. The van der Waals surface area contributed by atoms with Crippen molar-refractivity contribution in [3.63, 3.8) is 0 Å². The van der Waals surface area contributed by atoms with Gasteiger partial charge < -0.3 is 4.90 Å². The molecular weight excluding hydrogens is 166 g/mol. The fourth-order valence-corrected chi connectivity index (χ4v) is 2.64. The van der Waals surface area contributed by atoms with Crippen LogP contribution in [0.25, 0.3) is 0 Å².